The van der Waals surface area contributed by atoms with Crippen LogP contribution in [0.2, 0.25) is 0 Å². The molecule has 8 heteroatoms. The molecular formula is C23H26N6OS. The van der Waals surface area contributed by atoms with Crippen LogP contribution in [-0.4, -0.2) is 72.1 Å². The zero-order valence-corrected chi connectivity index (χ0v) is 18.3. The number of nitrogens with zero attached hydrogens (tertiary/aromatic N) is 3. The molecule has 3 N–H and O–H groups in total. The van der Waals surface area contributed by atoms with Gasteiger partial charge in [-0.2, -0.15) is 0 Å². The van der Waals surface area contributed by atoms with Crippen molar-refractivity contribution >= 4 is 43.6 Å². The number of rotatable bonds is 5. The maximum absolute atomic E-state index is 12.3. The van der Waals surface area contributed by atoms with E-state index in [1.54, 1.807) is 0 Å². The number of carbonyl (C=O) groups is 1. The molecule has 3 heterocycles. The number of aromatic nitrogens is 2. The predicted octanol–water partition coefficient (Wildman–Crippen LogP) is 3.81. The number of hydrogen-bond acceptors (Lipinski definition) is 5. The molecule has 5 rings (SSSR count). The second kappa shape index (κ2) is 8.66. The number of benzene rings is 2. The summed E-state index contributed by atoms with van der Waals surface area (Å²) in [5.74, 6) is 0. The van der Waals surface area contributed by atoms with Gasteiger partial charge in [0.2, 0.25) is 0 Å². The Morgan fingerprint density at radius 1 is 1.16 bits per heavy atom. The summed E-state index contributed by atoms with van der Waals surface area (Å²) in [7, 11) is 2.14. The summed E-state index contributed by atoms with van der Waals surface area (Å²) in [4.78, 5) is 24.9. The van der Waals surface area contributed by atoms with Gasteiger partial charge in [0.1, 0.15) is 0 Å². The number of amides is 2. The van der Waals surface area contributed by atoms with E-state index >= 15 is 0 Å². The van der Waals surface area contributed by atoms with Crippen molar-refractivity contribution in [2.75, 3.05) is 51.6 Å². The van der Waals surface area contributed by atoms with Gasteiger partial charge in [-0.25, -0.2) is 9.78 Å². The van der Waals surface area contributed by atoms with Gasteiger partial charge in [0.25, 0.3) is 0 Å². The van der Waals surface area contributed by atoms with Crippen LogP contribution in [0.1, 0.15) is 0 Å². The van der Waals surface area contributed by atoms with Crippen molar-refractivity contribution in [3.63, 3.8) is 0 Å². The molecule has 1 fully saturated rings. The van der Waals surface area contributed by atoms with E-state index in [4.69, 9.17) is 0 Å². The molecule has 0 unspecified atom stereocenters. The van der Waals surface area contributed by atoms with E-state index in [9.17, 15) is 4.79 Å². The third-order valence-corrected chi connectivity index (χ3v) is 6.75. The molecule has 0 bridgehead atoms. The summed E-state index contributed by atoms with van der Waals surface area (Å²) in [6, 6.07) is 14.4. The normalized spacial score (nSPS) is 15.5. The Morgan fingerprint density at radius 3 is 2.90 bits per heavy atom. The Hall–Kier alpha value is -2.94. The highest BCUT2D eigenvalue weighted by molar-refractivity contribution is 7.22. The molecular weight excluding hydrogens is 408 g/mol. The summed E-state index contributed by atoms with van der Waals surface area (Å²) in [5, 5.41) is 7.64. The van der Waals surface area contributed by atoms with E-state index in [1.807, 2.05) is 12.3 Å². The van der Waals surface area contributed by atoms with Gasteiger partial charge in [0, 0.05) is 51.0 Å². The molecule has 2 amide bonds. The second-order valence-corrected chi connectivity index (χ2v) is 9.01. The number of likely N-dealkylation sites (N-methyl/N-ethyl adjacent to an activating group) is 1. The van der Waals surface area contributed by atoms with Crippen molar-refractivity contribution in [3.05, 3.63) is 48.7 Å². The molecule has 0 spiro atoms. The van der Waals surface area contributed by atoms with Crippen LogP contribution < -0.4 is 10.6 Å². The van der Waals surface area contributed by atoms with Gasteiger partial charge >= 0.3 is 6.03 Å². The van der Waals surface area contributed by atoms with Crippen LogP contribution in [0.5, 0.6) is 0 Å². The minimum absolute atomic E-state index is 0.204. The van der Waals surface area contributed by atoms with E-state index in [-0.39, 0.29) is 6.03 Å². The lowest BCUT2D eigenvalue weighted by molar-refractivity contribution is 0.155. The number of anilines is 1. The lowest BCUT2D eigenvalue weighted by atomic mass is 10.0. The average molecular weight is 435 g/mol. The Balaban J connectivity index is 1.23. The van der Waals surface area contributed by atoms with Crippen molar-refractivity contribution < 1.29 is 4.79 Å². The van der Waals surface area contributed by atoms with Crippen molar-refractivity contribution in [3.8, 4) is 11.1 Å². The molecule has 2 aromatic heterocycles. The quantitative estimate of drug-likeness (QED) is 0.446. The fraction of sp³-hybridized carbons (Fsp3) is 0.304. The first-order valence-corrected chi connectivity index (χ1v) is 11.4. The van der Waals surface area contributed by atoms with Gasteiger partial charge in [0.15, 0.2) is 5.13 Å². The third-order valence-electron chi connectivity index (χ3n) is 5.82. The number of urea groups is 1. The third kappa shape index (κ3) is 4.41. The lowest BCUT2D eigenvalue weighted by Crippen LogP contribution is -2.47. The monoisotopic (exact) mass is 434 g/mol. The summed E-state index contributed by atoms with van der Waals surface area (Å²) >= 11 is 1.49. The highest BCUT2D eigenvalue weighted by Gasteiger charge is 2.14. The summed E-state index contributed by atoms with van der Waals surface area (Å²) in [5.41, 5.74) is 4.31. The SMILES string of the molecule is CN1CCN(CCNC(=O)Nc2nc3ccc(-c4cccc5cc[nH]c45)cc3s2)CC1. The standard InChI is InChI=1S/C23H26N6OS/c1-28-11-13-29(14-12-28)10-9-25-22(30)27-23-26-19-6-5-17(15-20(19)31-23)18-4-2-3-16-7-8-24-21(16)18/h2-8,15,24H,9-14H2,1H3,(H2,25,26,27,30). The molecule has 7 nitrogen and oxygen atoms in total. The van der Waals surface area contributed by atoms with Crippen molar-refractivity contribution in [2.24, 2.45) is 0 Å². The number of thiazole rings is 1. The van der Waals surface area contributed by atoms with Gasteiger partial charge in [-0.1, -0.05) is 35.6 Å². The minimum Gasteiger partial charge on any atom is -0.361 e. The van der Waals surface area contributed by atoms with Gasteiger partial charge in [-0.15, -0.1) is 0 Å². The number of aromatic amines is 1. The Morgan fingerprint density at radius 2 is 2.03 bits per heavy atom. The van der Waals surface area contributed by atoms with Gasteiger partial charge in [-0.3, -0.25) is 10.2 Å². The van der Waals surface area contributed by atoms with Crippen LogP contribution in [0.4, 0.5) is 9.93 Å². The Kier molecular flexibility index (Phi) is 5.59. The number of hydrogen-bond donors (Lipinski definition) is 3. The molecule has 1 aliphatic rings. The molecule has 2 aromatic carbocycles. The molecule has 0 aliphatic carbocycles. The smallest absolute Gasteiger partial charge is 0.321 e. The largest absolute Gasteiger partial charge is 0.361 e. The zero-order valence-electron chi connectivity index (χ0n) is 17.5. The van der Waals surface area contributed by atoms with Crippen molar-refractivity contribution in [1.82, 2.24) is 25.1 Å². The van der Waals surface area contributed by atoms with Gasteiger partial charge in [0.05, 0.1) is 15.7 Å². The molecule has 160 valence electrons. The van der Waals surface area contributed by atoms with Crippen molar-refractivity contribution in [2.45, 2.75) is 0 Å². The van der Waals surface area contributed by atoms with Gasteiger partial charge in [-0.05, 0) is 36.2 Å². The number of H-pyrrole nitrogens is 1. The maximum atomic E-state index is 12.3. The highest BCUT2D eigenvalue weighted by Crippen LogP contribution is 2.33. The highest BCUT2D eigenvalue weighted by atomic mass is 32.1. The van der Waals surface area contributed by atoms with Crippen LogP contribution in [-0.2, 0) is 0 Å². The topological polar surface area (TPSA) is 76.3 Å². The first-order valence-electron chi connectivity index (χ1n) is 10.6. The first kappa shape index (κ1) is 20.0. The molecule has 31 heavy (non-hydrogen) atoms. The molecule has 0 saturated carbocycles. The Bertz CT molecular complexity index is 1210. The average Bonchev–Trinajstić information content (AvgIpc) is 3.40. The van der Waals surface area contributed by atoms with Crippen LogP contribution in [0, 0.1) is 0 Å². The summed E-state index contributed by atoms with van der Waals surface area (Å²) < 4.78 is 1.05. The van der Waals surface area contributed by atoms with Crippen LogP contribution in [0.15, 0.2) is 48.7 Å². The molecule has 4 aromatic rings. The maximum Gasteiger partial charge on any atom is 0.321 e. The zero-order chi connectivity index (χ0) is 21.2. The fourth-order valence-electron chi connectivity index (χ4n) is 4.01. The molecule has 1 saturated heterocycles. The Labute approximate surface area is 185 Å². The van der Waals surface area contributed by atoms with E-state index in [1.165, 1.54) is 16.7 Å². The fourth-order valence-corrected chi connectivity index (χ4v) is 4.91. The number of fused-ring (bicyclic) bond motifs is 2. The lowest BCUT2D eigenvalue weighted by Gasteiger charge is -2.32. The first-order chi connectivity index (χ1) is 15.2. The van der Waals surface area contributed by atoms with Gasteiger partial charge < -0.3 is 15.2 Å². The van der Waals surface area contributed by atoms with Crippen LogP contribution in [0.3, 0.4) is 0 Å². The number of para-hydroxylation sites is 1. The predicted molar refractivity (Wildman–Crippen MR) is 128 cm³/mol. The van der Waals surface area contributed by atoms with Crippen LogP contribution >= 0.6 is 11.3 Å². The summed E-state index contributed by atoms with van der Waals surface area (Å²) in [6.07, 6.45) is 1.96. The van der Waals surface area contributed by atoms with Crippen molar-refractivity contribution in [1.29, 1.82) is 0 Å². The van der Waals surface area contributed by atoms with E-state index in [2.05, 4.69) is 73.8 Å². The molecule has 0 radical (unpaired) electrons. The summed E-state index contributed by atoms with van der Waals surface area (Å²) in [6.45, 7) is 5.77. The minimum atomic E-state index is -0.204. The van der Waals surface area contributed by atoms with E-state index in [0.29, 0.717) is 11.7 Å². The van der Waals surface area contributed by atoms with Crippen LogP contribution in [0.25, 0.3) is 32.2 Å². The molecule has 0 atom stereocenters. The second-order valence-electron chi connectivity index (χ2n) is 7.97. The van der Waals surface area contributed by atoms with E-state index < -0.39 is 0 Å². The number of carbonyl (C=O) groups excluding carboxylic acids is 1. The number of piperazine rings is 1. The number of nitrogens with one attached hydrogen (secondary N) is 3. The molecule has 1 aliphatic heterocycles. The van der Waals surface area contributed by atoms with E-state index in [0.717, 1.165) is 59.6 Å².